The van der Waals surface area contributed by atoms with E-state index in [0.29, 0.717) is 0 Å². The number of aromatic amines is 1. The van der Waals surface area contributed by atoms with Crippen LogP contribution in [0.1, 0.15) is 11.1 Å². The van der Waals surface area contributed by atoms with Crippen LogP contribution in [0.3, 0.4) is 0 Å². The van der Waals surface area contributed by atoms with Gasteiger partial charge in [0, 0.05) is 23.2 Å². The zero-order valence-corrected chi connectivity index (χ0v) is 10.8. The standard InChI is InChI=1S/C15H10F2N4/c16-12-4-9(6-18)5-13(17)10(12)7-19-14-2-1-3-15-11(14)8-20-21-15/h1-5,8,19H,7H2,(H,20,21). The molecule has 3 aromatic rings. The third-order valence-corrected chi connectivity index (χ3v) is 3.21. The van der Waals surface area contributed by atoms with Crippen LogP contribution in [0.25, 0.3) is 10.9 Å². The van der Waals surface area contributed by atoms with Crippen molar-refractivity contribution in [2.75, 3.05) is 5.32 Å². The van der Waals surface area contributed by atoms with Gasteiger partial charge in [-0.2, -0.15) is 10.4 Å². The lowest BCUT2D eigenvalue weighted by Gasteiger charge is -2.09. The van der Waals surface area contributed by atoms with Crippen LogP contribution in [0.4, 0.5) is 14.5 Å². The molecule has 1 aromatic heterocycles. The van der Waals surface area contributed by atoms with Gasteiger partial charge in [0.25, 0.3) is 0 Å². The van der Waals surface area contributed by atoms with E-state index in [-0.39, 0.29) is 17.7 Å². The topological polar surface area (TPSA) is 64.5 Å². The maximum absolute atomic E-state index is 13.8. The number of hydrogen-bond donors (Lipinski definition) is 2. The first-order valence-electron chi connectivity index (χ1n) is 6.23. The number of H-pyrrole nitrogens is 1. The molecule has 0 fully saturated rings. The smallest absolute Gasteiger partial charge is 0.132 e. The Bertz CT molecular complexity index is 825. The number of hydrogen-bond acceptors (Lipinski definition) is 3. The van der Waals surface area contributed by atoms with Gasteiger partial charge in [-0.15, -0.1) is 0 Å². The molecule has 0 saturated carbocycles. The fraction of sp³-hybridized carbons (Fsp3) is 0.0667. The van der Waals surface area contributed by atoms with Gasteiger partial charge in [0.15, 0.2) is 0 Å². The molecule has 2 N–H and O–H groups in total. The van der Waals surface area contributed by atoms with Crippen molar-refractivity contribution in [3.63, 3.8) is 0 Å². The summed E-state index contributed by atoms with van der Waals surface area (Å²) in [6.07, 6.45) is 1.64. The van der Waals surface area contributed by atoms with Crippen molar-refractivity contribution in [3.05, 3.63) is 59.3 Å². The van der Waals surface area contributed by atoms with Gasteiger partial charge in [0.2, 0.25) is 0 Å². The Hall–Kier alpha value is -2.94. The number of aromatic nitrogens is 2. The van der Waals surface area contributed by atoms with E-state index in [4.69, 9.17) is 5.26 Å². The molecule has 0 aliphatic carbocycles. The van der Waals surface area contributed by atoms with Crippen molar-refractivity contribution in [2.24, 2.45) is 0 Å². The Morgan fingerprint density at radius 1 is 1.24 bits per heavy atom. The van der Waals surface area contributed by atoms with Crippen LogP contribution in [-0.2, 0) is 6.54 Å². The highest BCUT2D eigenvalue weighted by Gasteiger charge is 2.12. The van der Waals surface area contributed by atoms with Gasteiger partial charge in [-0.1, -0.05) is 6.07 Å². The molecular weight excluding hydrogens is 274 g/mol. The monoisotopic (exact) mass is 284 g/mol. The summed E-state index contributed by atoms with van der Waals surface area (Å²) in [7, 11) is 0. The van der Waals surface area contributed by atoms with Gasteiger partial charge in [-0.3, -0.25) is 5.10 Å². The van der Waals surface area contributed by atoms with Crippen molar-refractivity contribution < 1.29 is 8.78 Å². The number of nitrogens with zero attached hydrogens (tertiary/aromatic N) is 2. The predicted octanol–water partition coefficient (Wildman–Crippen LogP) is 3.32. The lowest BCUT2D eigenvalue weighted by molar-refractivity contribution is 0.559. The van der Waals surface area contributed by atoms with Gasteiger partial charge >= 0.3 is 0 Å². The van der Waals surface area contributed by atoms with Gasteiger partial charge in [-0.05, 0) is 24.3 Å². The first-order valence-corrected chi connectivity index (χ1v) is 6.23. The SMILES string of the molecule is N#Cc1cc(F)c(CNc2cccc3[nH]ncc23)c(F)c1. The van der Waals surface area contributed by atoms with E-state index in [9.17, 15) is 8.78 Å². The molecule has 0 spiro atoms. The van der Waals surface area contributed by atoms with Gasteiger partial charge < -0.3 is 5.32 Å². The Labute approximate surface area is 119 Å². The Morgan fingerprint density at radius 3 is 2.71 bits per heavy atom. The van der Waals surface area contributed by atoms with Crippen LogP contribution in [0.2, 0.25) is 0 Å². The number of nitriles is 1. The zero-order chi connectivity index (χ0) is 14.8. The van der Waals surface area contributed by atoms with Crippen LogP contribution >= 0.6 is 0 Å². The fourth-order valence-electron chi connectivity index (χ4n) is 2.14. The molecule has 4 nitrogen and oxygen atoms in total. The maximum Gasteiger partial charge on any atom is 0.132 e. The highest BCUT2D eigenvalue weighted by Crippen LogP contribution is 2.23. The molecule has 0 amide bonds. The predicted molar refractivity (Wildman–Crippen MR) is 74.5 cm³/mol. The van der Waals surface area contributed by atoms with Crippen LogP contribution in [0.15, 0.2) is 36.5 Å². The van der Waals surface area contributed by atoms with Crippen LogP contribution in [0.5, 0.6) is 0 Å². The minimum Gasteiger partial charge on any atom is -0.380 e. The molecule has 1 heterocycles. The van der Waals surface area contributed by atoms with Gasteiger partial charge in [-0.25, -0.2) is 8.78 Å². The molecule has 21 heavy (non-hydrogen) atoms. The number of nitrogens with one attached hydrogen (secondary N) is 2. The minimum absolute atomic E-state index is 0.0202. The van der Waals surface area contributed by atoms with E-state index in [1.54, 1.807) is 18.3 Å². The van der Waals surface area contributed by atoms with Crippen molar-refractivity contribution in [1.82, 2.24) is 10.2 Å². The van der Waals surface area contributed by atoms with E-state index in [1.165, 1.54) is 0 Å². The fourth-order valence-corrected chi connectivity index (χ4v) is 2.14. The molecule has 0 bridgehead atoms. The van der Waals surface area contributed by atoms with E-state index in [2.05, 4.69) is 15.5 Å². The number of anilines is 1. The second-order valence-corrected chi connectivity index (χ2v) is 4.52. The number of rotatable bonds is 3. The van der Waals surface area contributed by atoms with E-state index < -0.39 is 11.6 Å². The molecule has 6 heteroatoms. The largest absolute Gasteiger partial charge is 0.380 e. The molecule has 0 unspecified atom stereocenters. The number of fused-ring (bicyclic) bond motifs is 1. The summed E-state index contributed by atoms with van der Waals surface area (Å²) >= 11 is 0. The maximum atomic E-state index is 13.8. The Balaban J connectivity index is 1.89. The second kappa shape index (κ2) is 5.21. The molecule has 2 aromatic carbocycles. The summed E-state index contributed by atoms with van der Waals surface area (Å²) < 4.78 is 27.6. The molecule has 0 aliphatic rings. The highest BCUT2D eigenvalue weighted by atomic mass is 19.1. The second-order valence-electron chi connectivity index (χ2n) is 4.52. The molecule has 0 aliphatic heterocycles. The molecule has 0 radical (unpaired) electrons. The lowest BCUT2D eigenvalue weighted by atomic mass is 10.1. The Morgan fingerprint density at radius 2 is 2.00 bits per heavy atom. The normalized spacial score (nSPS) is 10.5. The van der Waals surface area contributed by atoms with E-state index in [0.717, 1.165) is 28.7 Å². The summed E-state index contributed by atoms with van der Waals surface area (Å²) in [6, 6.07) is 9.24. The van der Waals surface area contributed by atoms with Crippen LogP contribution in [0, 0.1) is 23.0 Å². The lowest BCUT2D eigenvalue weighted by Crippen LogP contribution is -2.05. The molecule has 0 atom stereocenters. The number of halogens is 2. The summed E-state index contributed by atoms with van der Waals surface area (Å²) in [5.41, 5.74) is 1.42. The first-order chi connectivity index (χ1) is 10.2. The van der Waals surface area contributed by atoms with Crippen molar-refractivity contribution >= 4 is 16.6 Å². The van der Waals surface area contributed by atoms with Crippen LogP contribution in [-0.4, -0.2) is 10.2 Å². The van der Waals surface area contributed by atoms with E-state index in [1.807, 2.05) is 12.1 Å². The first kappa shape index (κ1) is 13.1. The molecule has 3 rings (SSSR count). The zero-order valence-electron chi connectivity index (χ0n) is 10.8. The average Bonchev–Trinajstić information content (AvgIpc) is 2.95. The molecule has 0 saturated heterocycles. The van der Waals surface area contributed by atoms with Crippen molar-refractivity contribution in [2.45, 2.75) is 6.54 Å². The Kier molecular flexibility index (Phi) is 3.24. The quantitative estimate of drug-likeness (QED) is 0.775. The average molecular weight is 284 g/mol. The summed E-state index contributed by atoms with van der Waals surface area (Å²) in [5, 5.41) is 19.2. The van der Waals surface area contributed by atoms with Gasteiger partial charge in [0.1, 0.15) is 11.6 Å². The molecular formula is C15H10F2N4. The summed E-state index contributed by atoms with van der Waals surface area (Å²) in [6.45, 7) is -0.0202. The third-order valence-electron chi connectivity index (χ3n) is 3.21. The van der Waals surface area contributed by atoms with Crippen molar-refractivity contribution in [1.29, 1.82) is 5.26 Å². The number of benzene rings is 2. The summed E-state index contributed by atoms with van der Waals surface area (Å²) in [4.78, 5) is 0. The third kappa shape index (κ3) is 2.41. The minimum atomic E-state index is -0.738. The van der Waals surface area contributed by atoms with Crippen molar-refractivity contribution in [3.8, 4) is 6.07 Å². The van der Waals surface area contributed by atoms with Gasteiger partial charge in [0.05, 0.1) is 23.3 Å². The highest BCUT2D eigenvalue weighted by molar-refractivity contribution is 5.90. The molecule has 104 valence electrons. The van der Waals surface area contributed by atoms with Crippen LogP contribution < -0.4 is 5.32 Å². The van der Waals surface area contributed by atoms with E-state index >= 15 is 0 Å². The summed E-state index contributed by atoms with van der Waals surface area (Å²) in [5.74, 6) is -1.48.